The zero-order valence-corrected chi connectivity index (χ0v) is 13.6. The van der Waals surface area contributed by atoms with Crippen LogP contribution in [-0.2, 0) is 16.1 Å². The molecule has 1 fully saturated rings. The molecule has 0 aliphatic heterocycles. The van der Waals surface area contributed by atoms with Crippen molar-refractivity contribution in [2.75, 3.05) is 19.8 Å². The van der Waals surface area contributed by atoms with E-state index in [0.717, 1.165) is 5.69 Å². The second kappa shape index (κ2) is 7.07. The third-order valence-electron chi connectivity index (χ3n) is 3.71. The van der Waals surface area contributed by atoms with Crippen molar-refractivity contribution >= 4 is 17.2 Å². The Morgan fingerprint density at radius 2 is 2.41 bits per heavy atom. The number of carbonyl (C=O) groups is 1. The van der Waals surface area contributed by atoms with Crippen LogP contribution in [0.25, 0.3) is 11.3 Å². The van der Waals surface area contributed by atoms with Gasteiger partial charge in [-0.2, -0.15) is 16.4 Å². The van der Waals surface area contributed by atoms with E-state index in [4.69, 9.17) is 9.84 Å². The fourth-order valence-electron chi connectivity index (χ4n) is 2.42. The van der Waals surface area contributed by atoms with Crippen LogP contribution in [0, 0.1) is 0 Å². The van der Waals surface area contributed by atoms with Crippen molar-refractivity contribution in [3.05, 3.63) is 28.6 Å². The Kier molecular flexibility index (Phi) is 4.90. The monoisotopic (exact) mass is 319 g/mol. The van der Waals surface area contributed by atoms with Crippen molar-refractivity contribution in [1.29, 1.82) is 0 Å². The van der Waals surface area contributed by atoms with Crippen LogP contribution in [0.5, 0.6) is 0 Å². The lowest BCUT2D eigenvalue weighted by molar-refractivity contribution is -0.125. The second-order valence-corrected chi connectivity index (χ2v) is 6.23. The Labute approximate surface area is 134 Å². The van der Waals surface area contributed by atoms with Crippen molar-refractivity contribution in [2.24, 2.45) is 0 Å². The molecule has 0 atom stereocenters. The van der Waals surface area contributed by atoms with E-state index in [-0.39, 0.29) is 12.5 Å². The number of carbonyl (C=O) groups excluding carboxylic acids is 1. The van der Waals surface area contributed by atoms with Crippen LogP contribution in [0.4, 0.5) is 0 Å². The lowest BCUT2D eigenvalue weighted by Gasteiger charge is -2.08. The number of hydrogen-bond acceptors (Lipinski definition) is 4. The number of nitrogens with one attached hydrogen (secondary N) is 1. The molecule has 2 aromatic heterocycles. The number of nitrogens with zero attached hydrogens (tertiary/aromatic N) is 2. The lowest BCUT2D eigenvalue weighted by Crippen LogP contribution is -2.31. The highest BCUT2D eigenvalue weighted by Crippen LogP contribution is 2.41. The quantitative estimate of drug-likeness (QED) is 0.814. The van der Waals surface area contributed by atoms with Gasteiger partial charge < -0.3 is 10.1 Å². The summed E-state index contributed by atoms with van der Waals surface area (Å²) in [4.78, 5) is 11.6. The number of aromatic nitrogens is 2. The fraction of sp³-hybridized carbons (Fsp3) is 0.500. The molecule has 0 unspecified atom stereocenters. The van der Waals surface area contributed by atoms with Crippen molar-refractivity contribution in [3.8, 4) is 11.3 Å². The van der Waals surface area contributed by atoms with Crippen LogP contribution in [0.1, 0.15) is 31.4 Å². The number of amides is 1. The summed E-state index contributed by atoms with van der Waals surface area (Å²) in [6, 6.07) is 4.29. The lowest BCUT2D eigenvalue weighted by atomic mass is 10.2. The summed E-state index contributed by atoms with van der Waals surface area (Å²) in [5, 5.41) is 11.8. The molecule has 3 rings (SSSR count). The van der Waals surface area contributed by atoms with Gasteiger partial charge in [-0.25, -0.2) is 0 Å². The van der Waals surface area contributed by atoms with Gasteiger partial charge in [0.1, 0.15) is 6.61 Å². The molecule has 0 radical (unpaired) electrons. The van der Waals surface area contributed by atoms with Gasteiger partial charge in [-0.15, -0.1) is 0 Å². The SMILES string of the molecule is CCOCC(=O)NCCn1nc(-c2ccsc2)cc1C1CC1. The van der Waals surface area contributed by atoms with E-state index >= 15 is 0 Å². The van der Waals surface area contributed by atoms with Crippen LogP contribution in [0.15, 0.2) is 22.9 Å². The number of ether oxygens (including phenoxy) is 1. The van der Waals surface area contributed by atoms with Crippen LogP contribution >= 0.6 is 11.3 Å². The summed E-state index contributed by atoms with van der Waals surface area (Å²) in [5.41, 5.74) is 3.50. The Bertz CT molecular complexity index is 617. The highest BCUT2D eigenvalue weighted by molar-refractivity contribution is 7.08. The van der Waals surface area contributed by atoms with Gasteiger partial charge >= 0.3 is 0 Å². The molecule has 22 heavy (non-hydrogen) atoms. The molecular formula is C16H21N3O2S. The molecule has 1 N–H and O–H groups in total. The molecule has 0 bridgehead atoms. The summed E-state index contributed by atoms with van der Waals surface area (Å²) < 4.78 is 7.14. The van der Waals surface area contributed by atoms with Crippen molar-refractivity contribution in [1.82, 2.24) is 15.1 Å². The molecule has 6 heteroatoms. The standard InChI is InChI=1S/C16H21N3O2S/c1-2-21-10-16(20)17-6-7-19-15(12-3-4-12)9-14(18-19)13-5-8-22-11-13/h5,8-9,11-12H,2-4,6-7,10H2,1H3,(H,17,20). The summed E-state index contributed by atoms with van der Waals surface area (Å²) in [6.07, 6.45) is 2.48. The first kappa shape index (κ1) is 15.2. The van der Waals surface area contributed by atoms with Crippen LogP contribution in [0.3, 0.4) is 0 Å². The summed E-state index contributed by atoms with van der Waals surface area (Å²) in [6.45, 7) is 3.85. The maximum absolute atomic E-state index is 11.6. The molecule has 1 saturated carbocycles. The minimum Gasteiger partial charge on any atom is -0.372 e. The minimum absolute atomic E-state index is 0.0694. The average Bonchev–Trinajstić information content (AvgIpc) is 3.05. The number of thiophene rings is 1. The van der Waals surface area contributed by atoms with Gasteiger partial charge in [0, 0.05) is 35.7 Å². The molecule has 5 nitrogen and oxygen atoms in total. The van der Waals surface area contributed by atoms with Crippen LogP contribution < -0.4 is 5.32 Å². The van der Waals surface area contributed by atoms with Gasteiger partial charge in [0.15, 0.2) is 0 Å². The fourth-order valence-corrected chi connectivity index (χ4v) is 3.07. The number of hydrogen-bond donors (Lipinski definition) is 1. The van der Waals surface area contributed by atoms with Gasteiger partial charge in [-0.1, -0.05) is 0 Å². The molecule has 1 aliphatic rings. The summed E-state index contributed by atoms with van der Waals surface area (Å²) in [7, 11) is 0. The predicted octanol–water partition coefficient (Wildman–Crippen LogP) is 2.64. The predicted molar refractivity (Wildman–Crippen MR) is 87.0 cm³/mol. The normalized spacial score (nSPS) is 14.2. The van der Waals surface area contributed by atoms with E-state index in [0.29, 0.717) is 25.6 Å². The van der Waals surface area contributed by atoms with Crippen molar-refractivity contribution in [2.45, 2.75) is 32.2 Å². The molecule has 0 spiro atoms. The largest absolute Gasteiger partial charge is 0.372 e. The van der Waals surface area contributed by atoms with Gasteiger partial charge in [0.2, 0.25) is 5.91 Å². The third kappa shape index (κ3) is 3.75. The van der Waals surface area contributed by atoms with Gasteiger partial charge in [-0.3, -0.25) is 9.48 Å². The first-order valence-corrected chi connectivity index (χ1v) is 8.67. The first-order chi connectivity index (χ1) is 10.8. The zero-order valence-electron chi connectivity index (χ0n) is 12.7. The number of rotatable bonds is 8. The Hall–Kier alpha value is -1.66. The highest BCUT2D eigenvalue weighted by Gasteiger charge is 2.28. The summed E-state index contributed by atoms with van der Waals surface area (Å²) >= 11 is 1.68. The molecule has 118 valence electrons. The minimum atomic E-state index is -0.0694. The molecule has 0 aromatic carbocycles. The van der Waals surface area contributed by atoms with E-state index in [1.54, 1.807) is 11.3 Å². The molecule has 2 aromatic rings. The molecule has 0 saturated heterocycles. The van der Waals surface area contributed by atoms with E-state index in [2.05, 4.69) is 28.2 Å². The molecule has 1 aliphatic carbocycles. The second-order valence-electron chi connectivity index (χ2n) is 5.45. The Morgan fingerprint density at radius 3 is 3.09 bits per heavy atom. The maximum Gasteiger partial charge on any atom is 0.246 e. The highest BCUT2D eigenvalue weighted by atomic mass is 32.1. The third-order valence-corrected chi connectivity index (χ3v) is 4.39. The molecular weight excluding hydrogens is 298 g/mol. The van der Waals surface area contributed by atoms with E-state index in [9.17, 15) is 4.79 Å². The van der Waals surface area contributed by atoms with E-state index < -0.39 is 0 Å². The maximum atomic E-state index is 11.6. The Morgan fingerprint density at radius 1 is 1.55 bits per heavy atom. The average molecular weight is 319 g/mol. The smallest absolute Gasteiger partial charge is 0.246 e. The van der Waals surface area contributed by atoms with E-state index in [1.807, 2.05) is 11.6 Å². The van der Waals surface area contributed by atoms with Gasteiger partial charge in [-0.05, 0) is 37.3 Å². The van der Waals surface area contributed by atoms with Crippen LogP contribution in [-0.4, -0.2) is 35.4 Å². The topological polar surface area (TPSA) is 56.1 Å². The van der Waals surface area contributed by atoms with E-state index in [1.165, 1.54) is 24.1 Å². The van der Waals surface area contributed by atoms with Crippen molar-refractivity contribution in [3.63, 3.8) is 0 Å². The molecule has 1 amide bonds. The van der Waals surface area contributed by atoms with Gasteiger partial charge in [0.25, 0.3) is 0 Å². The first-order valence-electron chi connectivity index (χ1n) is 7.72. The van der Waals surface area contributed by atoms with Gasteiger partial charge in [0.05, 0.1) is 12.2 Å². The summed E-state index contributed by atoms with van der Waals surface area (Å²) in [5.74, 6) is 0.569. The van der Waals surface area contributed by atoms with Crippen molar-refractivity contribution < 1.29 is 9.53 Å². The Balaban J connectivity index is 1.61. The zero-order chi connectivity index (χ0) is 15.4. The van der Waals surface area contributed by atoms with Crippen LogP contribution in [0.2, 0.25) is 0 Å². The molecule has 2 heterocycles.